The highest BCUT2D eigenvalue weighted by Gasteiger charge is 2.11. The second-order valence-corrected chi connectivity index (χ2v) is 6.45. The molecule has 1 N–H and O–H groups in total. The van der Waals surface area contributed by atoms with Crippen molar-refractivity contribution in [3.8, 4) is 29.4 Å². The molecule has 0 atom stereocenters. The number of rotatable bonds is 5. The fourth-order valence-corrected chi connectivity index (χ4v) is 3.10. The van der Waals surface area contributed by atoms with Crippen molar-refractivity contribution in [3.05, 3.63) is 78.4 Å². The molecule has 1 aromatic heterocycles. The van der Waals surface area contributed by atoms with E-state index in [2.05, 4.69) is 52.6 Å². The van der Waals surface area contributed by atoms with E-state index in [1.54, 1.807) is 0 Å². The Bertz CT molecular complexity index is 1160. The summed E-state index contributed by atoms with van der Waals surface area (Å²) < 4.78 is 5.45. The fourth-order valence-electron chi connectivity index (χ4n) is 3.10. The first-order chi connectivity index (χ1) is 13.7. The molecule has 4 heteroatoms. The van der Waals surface area contributed by atoms with E-state index < -0.39 is 0 Å². The molecule has 0 spiro atoms. The first kappa shape index (κ1) is 17.6. The standard InChI is InChI=1S/C24H19N3O/c1-3-15-28-20-13-11-18(12-14-20)23-21-9-4-5-10-22(21)24(27-26-23)25-19-8-6-7-17(2)16-19/h1,4-14,16H,15H2,2H3,(H,25,27). The maximum atomic E-state index is 5.45. The summed E-state index contributed by atoms with van der Waals surface area (Å²) >= 11 is 0. The number of nitrogens with one attached hydrogen (secondary N) is 1. The Morgan fingerprint density at radius 1 is 0.929 bits per heavy atom. The van der Waals surface area contributed by atoms with Gasteiger partial charge in [0.1, 0.15) is 18.1 Å². The van der Waals surface area contributed by atoms with Gasteiger partial charge < -0.3 is 10.1 Å². The minimum absolute atomic E-state index is 0.251. The van der Waals surface area contributed by atoms with Gasteiger partial charge in [0.05, 0.1) is 0 Å². The normalized spacial score (nSPS) is 10.4. The van der Waals surface area contributed by atoms with Crippen LogP contribution < -0.4 is 10.1 Å². The van der Waals surface area contributed by atoms with Crippen LogP contribution in [0, 0.1) is 19.3 Å². The van der Waals surface area contributed by atoms with Crippen molar-refractivity contribution in [2.75, 3.05) is 11.9 Å². The summed E-state index contributed by atoms with van der Waals surface area (Å²) in [5.41, 5.74) is 3.97. The summed E-state index contributed by atoms with van der Waals surface area (Å²) in [7, 11) is 0. The Labute approximate surface area is 164 Å². The summed E-state index contributed by atoms with van der Waals surface area (Å²) in [5, 5.41) is 14.4. The fraction of sp³-hybridized carbons (Fsp3) is 0.0833. The monoisotopic (exact) mass is 365 g/mol. The first-order valence-electron chi connectivity index (χ1n) is 9.00. The number of hydrogen-bond acceptors (Lipinski definition) is 4. The Morgan fingerprint density at radius 2 is 1.71 bits per heavy atom. The molecular weight excluding hydrogens is 346 g/mol. The maximum absolute atomic E-state index is 5.45. The van der Waals surface area contributed by atoms with E-state index in [1.807, 2.05) is 48.5 Å². The second kappa shape index (κ2) is 7.81. The summed E-state index contributed by atoms with van der Waals surface area (Å²) in [6.07, 6.45) is 5.24. The lowest BCUT2D eigenvalue weighted by Gasteiger charge is -2.12. The molecule has 0 bridgehead atoms. The van der Waals surface area contributed by atoms with E-state index in [1.165, 1.54) is 5.56 Å². The molecule has 4 rings (SSSR count). The average molecular weight is 365 g/mol. The van der Waals surface area contributed by atoms with Crippen LogP contribution in [0.25, 0.3) is 22.0 Å². The Kier molecular flexibility index (Phi) is 4.90. The molecule has 0 aliphatic heterocycles. The van der Waals surface area contributed by atoms with E-state index in [4.69, 9.17) is 11.2 Å². The minimum atomic E-state index is 0.251. The summed E-state index contributed by atoms with van der Waals surface area (Å²) in [4.78, 5) is 0. The highest BCUT2D eigenvalue weighted by atomic mass is 16.5. The highest BCUT2D eigenvalue weighted by Crippen LogP contribution is 2.31. The third-order valence-electron chi connectivity index (χ3n) is 4.42. The molecule has 0 fully saturated rings. The largest absolute Gasteiger partial charge is 0.481 e. The smallest absolute Gasteiger partial charge is 0.161 e. The minimum Gasteiger partial charge on any atom is -0.481 e. The van der Waals surface area contributed by atoms with Gasteiger partial charge in [0.2, 0.25) is 0 Å². The Hall–Kier alpha value is -3.84. The van der Waals surface area contributed by atoms with E-state index >= 15 is 0 Å². The SMILES string of the molecule is C#CCOc1ccc(-c2nnc(Nc3cccc(C)c3)c3ccccc23)cc1. The topological polar surface area (TPSA) is 47.0 Å². The van der Waals surface area contributed by atoms with Crippen molar-refractivity contribution in [2.24, 2.45) is 0 Å². The zero-order chi connectivity index (χ0) is 19.3. The zero-order valence-corrected chi connectivity index (χ0v) is 15.5. The summed E-state index contributed by atoms with van der Waals surface area (Å²) in [6.45, 7) is 2.32. The lowest BCUT2D eigenvalue weighted by Crippen LogP contribution is -1.99. The number of anilines is 2. The molecule has 0 saturated heterocycles. The van der Waals surface area contributed by atoms with Gasteiger partial charge in [-0.2, -0.15) is 0 Å². The molecule has 4 nitrogen and oxygen atoms in total. The molecule has 0 aliphatic carbocycles. The van der Waals surface area contributed by atoms with E-state index in [0.717, 1.165) is 39.3 Å². The molecule has 3 aromatic carbocycles. The number of fused-ring (bicyclic) bond motifs is 1. The lowest BCUT2D eigenvalue weighted by atomic mass is 10.0. The van der Waals surface area contributed by atoms with Crippen LogP contribution in [0.5, 0.6) is 5.75 Å². The van der Waals surface area contributed by atoms with Crippen LogP contribution in [0.2, 0.25) is 0 Å². The van der Waals surface area contributed by atoms with E-state index in [0.29, 0.717) is 0 Å². The van der Waals surface area contributed by atoms with Crippen LogP contribution in [0.1, 0.15) is 5.56 Å². The number of terminal acetylenes is 1. The van der Waals surface area contributed by atoms with Gasteiger partial charge >= 0.3 is 0 Å². The molecule has 0 unspecified atom stereocenters. The van der Waals surface area contributed by atoms with Crippen molar-refractivity contribution in [1.29, 1.82) is 0 Å². The van der Waals surface area contributed by atoms with Gasteiger partial charge in [-0.05, 0) is 48.9 Å². The molecule has 136 valence electrons. The lowest BCUT2D eigenvalue weighted by molar-refractivity contribution is 0.370. The summed E-state index contributed by atoms with van der Waals surface area (Å²) in [5.74, 6) is 3.93. The van der Waals surface area contributed by atoms with Crippen LogP contribution in [0.15, 0.2) is 72.8 Å². The number of benzene rings is 3. The molecule has 4 aromatic rings. The molecule has 28 heavy (non-hydrogen) atoms. The molecular formula is C24H19N3O. The van der Waals surface area contributed by atoms with Gasteiger partial charge in [0.15, 0.2) is 5.82 Å². The molecule has 1 heterocycles. The predicted molar refractivity (Wildman–Crippen MR) is 114 cm³/mol. The zero-order valence-electron chi connectivity index (χ0n) is 15.5. The van der Waals surface area contributed by atoms with Gasteiger partial charge in [-0.25, -0.2) is 0 Å². The number of aromatic nitrogens is 2. The quantitative estimate of drug-likeness (QED) is 0.484. The third-order valence-corrected chi connectivity index (χ3v) is 4.42. The van der Waals surface area contributed by atoms with Crippen LogP contribution in [0.3, 0.4) is 0 Å². The Balaban J connectivity index is 1.72. The van der Waals surface area contributed by atoms with Crippen molar-refractivity contribution in [3.63, 3.8) is 0 Å². The third kappa shape index (κ3) is 3.65. The van der Waals surface area contributed by atoms with Crippen molar-refractivity contribution < 1.29 is 4.74 Å². The maximum Gasteiger partial charge on any atom is 0.161 e. The number of ether oxygens (including phenoxy) is 1. The van der Waals surface area contributed by atoms with Gasteiger partial charge in [0, 0.05) is 22.0 Å². The van der Waals surface area contributed by atoms with Crippen LogP contribution >= 0.6 is 0 Å². The van der Waals surface area contributed by atoms with Crippen molar-refractivity contribution in [1.82, 2.24) is 10.2 Å². The van der Waals surface area contributed by atoms with Gasteiger partial charge in [-0.1, -0.05) is 42.3 Å². The molecule has 0 amide bonds. The van der Waals surface area contributed by atoms with Gasteiger partial charge in [0.25, 0.3) is 0 Å². The predicted octanol–water partition coefficient (Wildman–Crippen LogP) is 5.36. The van der Waals surface area contributed by atoms with Crippen LogP contribution in [-0.4, -0.2) is 16.8 Å². The highest BCUT2D eigenvalue weighted by molar-refractivity contribution is 6.00. The van der Waals surface area contributed by atoms with Gasteiger partial charge in [-0.3, -0.25) is 0 Å². The molecule has 0 aliphatic rings. The summed E-state index contributed by atoms with van der Waals surface area (Å²) in [6, 6.07) is 24.0. The van der Waals surface area contributed by atoms with E-state index in [-0.39, 0.29) is 6.61 Å². The second-order valence-electron chi connectivity index (χ2n) is 6.45. The van der Waals surface area contributed by atoms with Crippen molar-refractivity contribution >= 4 is 22.3 Å². The number of nitrogens with zero attached hydrogens (tertiary/aromatic N) is 2. The van der Waals surface area contributed by atoms with Gasteiger partial charge in [-0.15, -0.1) is 16.6 Å². The van der Waals surface area contributed by atoms with Crippen LogP contribution in [0.4, 0.5) is 11.5 Å². The number of aryl methyl sites for hydroxylation is 1. The first-order valence-corrected chi connectivity index (χ1v) is 9.00. The Morgan fingerprint density at radius 3 is 2.46 bits per heavy atom. The van der Waals surface area contributed by atoms with Crippen molar-refractivity contribution in [2.45, 2.75) is 6.92 Å². The van der Waals surface area contributed by atoms with E-state index in [9.17, 15) is 0 Å². The molecule has 0 saturated carbocycles. The average Bonchev–Trinajstić information content (AvgIpc) is 2.73. The molecule has 0 radical (unpaired) electrons. The number of hydrogen-bond donors (Lipinski definition) is 1. The van der Waals surface area contributed by atoms with Crippen LogP contribution in [-0.2, 0) is 0 Å².